The van der Waals surface area contributed by atoms with Gasteiger partial charge in [-0.2, -0.15) is 0 Å². The Morgan fingerprint density at radius 2 is 1.85 bits per heavy atom. The maximum atomic E-state index is 11.8. The van der Waals surface area contributed by atoms with Gasteiger partial charge in [-0.05, 0) is 12.1 Å². The third-order valence-electron chi connectivity index (χ3n) is 1.83. The molecule has 0 radical (unpaired) electrons. The molecule has 0 unspecified atom stereocenters. The van der Waals surface area contributed by atoms with E-state index in [-0.39, 0.29) is 10.8 Å². The van der Waals surface area contributed by atoms with Crippen LogP contribution in [0.1, 0.15) is 0 Å². The van der Waals surface area contributed by atoms with Gasteiger partial charge in [0, 0.05) is 15.2 Å². The molecule has 1 aromatic rings. The summed E-state index contributed by atoms with van der Waals surface area (Å²) >= 11 is 8.78. The molecule has 0 fully saturated rings. The molecular weight excluding hydrogens is 412 g/mol. The van der Waals surface area contributed by atoms with Gasteiger partial charge in [0.15, 0.2) is 5.75 Å². The Balaban J connectivity index is 2.90. The Morgan fingerprint density at radius 1 is 1.25 bits per heavy atom. The molecule has 1 rings (SSSR count). The lowest BCUT2D eigenvalue weighted by molar-refractivity contribution is -0.325. The highest BCUT2D eigenvalue weighted by Gasteiger charge is 2.29. The first-order valence-electron chi connectivity index (χ1n) is 4.78. The van der Waals surface area contributed by atoms with E-state index in [9.17, 15) is 21.6 Å². The first-order valence-corrected chi connectivity index (χ1v) is 8.26. The lowest BCUT2D eigenvalue weighted by Gasteiger charge is -2.13. The molecule has 0 aliphatic heterocycles. The molecule has 11 heteroatoms. The van der Waals surface area contributed by atoms with Gasteiger partial charge in [-0.25, -0.2) is 8.42 Å². The maximum Gasteiger partial charge on any atom is 0.522 e. The second kappa shape index (κ2) is 6.69. The summed E-state index contributed by atoms with van der Waals surface area (Å²) in [7, 11) is 1.02. The molecule has 0 spiro atoms. The van der Waals surface area contributed by atoms with E-state index in [0.29, 0.717) is 4.47 Å². The monoisotopic (exact) mass is 416 g/mol. The summed E-state index contributed by atoms with van der Waals surface area (Å²) < 4.78 is 66.7. The average Bonchev–Trinajstić information content (AvgIpc) is 2.23. The molecule has 0 saturated carbocycles. The summed E-state index contributed by atoms with van der Waals surface area (Å²) in [4.78, 5) is -0.453. The van der Waals surface area contributed by atoms with Crippen LogP contribution < -0.4 is 4.74 Å². The van der Waals surface area contributed by atoms with Gasteiger partial charge in [0.2, 0.25) is 0 Å². The number of ether oxygens (including phenoxy) is 2. The summed E-state index contributed by atoms with van der Waals surface area (Å²) in [6.07, 6.45) is -4.80. The van der Waals surface area contributed by atoms with Crippen molar-refractivity contribution in [2.24, 2.45) is 0 Å². The number of hydrogen-bond donors (Lipinski definition) is 0. The number of benzene rings is 1. The molecule has 0 N–H and O–H groups in total. The van der Waals surface area contributed by atoms with Gasteiger partial charge < -0.3 is 4.74 Å². The number of halogens is 6. The zero-order valence-corrected chi connectivity index (χ0v) is 13.3. The van der Waals surface area contributed by atoms with Gasteiger partial charge in [-0.15, -0.1) is 13.2 Å². The fourth-order valence-corrected chi connectivity index (χ4v) is 3.23. The van der Waals surface area contributed by atoms with Crippen molar-refractivity contribution in [3.05, 3.63) is 21.6 Å². The van der Waals surface area contributed by atoms with Crippen molar-refractivity contribution in [3.63, 3.8) is 0 Å². The highest BCUT2D eigenvalue weighted by atomic mass is 79.9. The highest BCUT2D eigenvalue weighted by molar-refractivity contribution is 9.10. The molecule has 0 bridgehead atoms. The van der Waals surface area contributed by atoms with Crippen LogP contribution in [0.25, 0.3) is 0 Å². The largest absolute Gasteiger partial charge is 0.522 e. The van der Waals surface area contributed by atoms with E-state index < -0.39 is 33.5 Å². The molecule has 0 aliphatic carbocycles. The minimum absolute atomic E-state index is 0.120. The van der Waals surface area contributed by atoms with E-state index >= 15 is 0 Å². The third-order valence-corrected chi connectivity index (χ3v) is 3.90. The lowest BCUT2D eigenvalue weighted by atomic mass is 10.3. The summed E-state index contributed by atoms with van der Waals surface area (Å²) in [5.41, 5.74) is 0. The molecule has 0 atom stereocenters. The number of rotatable bonds is 5. The van der Waals surface area contributed by atoms with E-state index in [1.807, 2.05) is 0 Å². The minimum atomic E-state index is -4.80. The van der Waals surface area contributed by atoms with Gasteiger partial charge >= 0.3 is 6.36 Å². The minimum Gasteiger partial charge on any atom is -0.488 e. The molecule has 0 aliphatic rings. The van der Waals surface area contributed by atoms with Crippen molar-refractivity contribution in [3.8, 4) is 5.75 Å². The van der Waals surface area contributed by atoms with Gasteiger partial charge in [-0.3, -0.25) is 4.74 Å². The molecule has 0 saturated heterocycles. The van der Waals surface area contributed by atoms with Crippen LogP contribution in [0.3, 0.4) is 0 Å². The average molecular weight is 418 g/mol. The van der Waals surface area contributed by atoms with E-state index in [0.717, 1.165) is 6.07 Å². The fourth-order valence-electron chi connectivity index (χ4n) is 1.16. The van der Waals surface area contributed by atoms with E-state index in [4.69, 9.17) is 27.0 Å². The Morgan fingerprint density at radius 3 is 2.35 bits per heavy atom. The predicted octanol–water partition coefficient (Wildman–Crippen LogP) is 3.95. The zero-order valence-electron chi connectivity index (χ0n) is 9.38. The van der Waals surface area contributed by atoms with Crippen LogP contribution in [0.2, 0.25) is 5.02 Å². The fraction of sp³-hybridized carbons (Fsp3) is 0.333. The maximum absolute atomic E-state index is 11.8. The predicted molar refractivity (Wildman–Crippen MR) is 69.7 cm³/mol. The van der Waals surface area contributed by atoms with Crippen molar-refractivity contribution < 1.29 is 31.1 Å². The molecule has 0 amide bonds. The van der Waals surface area contributed by atoms with E-state index in [1.165, 1.54) is 6.07 Å². The molecule has 0 heterocycles. The molecular formula is C9H6BrCl2F3O4S. The molecule has 4 nitrogen and oxygen atoms in total. The van der Waals surface area contributed by atoms with Crippen LogP contribution in [0.5, 0.6) is 5.75 Å². The van der Waals surface area contributed by atoms with Gasteiger partial charge in [0.25, 0.3) is 9.05 Å². The van der Waals surface area contributed by atoms with Crippen molar-refractivity contribution in [1.29, 1.82) is 0 Å². The second-order valence-corrected chi connectivity index (χ2v) is 7.15. The van der Waals surface area contributed by atoms with Crippen molar-refractivity contribution in [2.45, 2.75) is 11.3 Å². The van der Waals surface area contributed by atoms with Crippen molar-refractivity contribution in [2.75, 3.05) is 13.2 Å². The summed E-state index contributed by atoms with van der Waals surface area (Å²) in [5.74, 6) is -0.337. The van der Waals surface area contributed by atoms with Crippen LogP contribution in [0.4, 0.5) is 13.2 Å². The van der Waals surface area contributed by atoms with Gasteiger partial charge in [0.05, 0.1) is 11.6 Å². The Hall–Kier alpha value is -0.220. The summed E-state index contributed by atoms with van der Waals surface area (Å²) in [5, 5.41) is -0.120. The van der Waals surface area contributed by atoms with Crippen LogP contribution in [0.15, 0.2) is 21.5 Å². The normalized spacial score (nSPS) is 12.5. The molecule has 0 aromatic heterocycles. The highest BCUT2D eigenvalue weighted by Crippen LogP contribution is 2.37. The van der Waals surface area contributed by atoms with E-state index in [1.54, 1.807) is 0 Å². The molecule has 20 heavy (non-hydrogen) atoms. The molecule has 1 aromatic carbocycles. The third kappa shape index (κ3) is 5.65. The lowest BCUT2D eigenvalue weighted by Crippen LogP contribution is -2.18. The smallest absolute Gasteiger partial charge is 0.488 e. The van der Waals surface area contributed by atoms with Gasteiger partial charge in [0.1, 0.15) is 11.5 Å². The van der Waals surface area contributed by atoms with Crippen molar-refractivity contribution in [1.82, 2.24) is 0 Å². The topological polar surface area (TPSA) is 52.6 Å². The number of hydrogen-bond acceptors (Lipinski definition) is 4. The Bertz CT molecular complexity index is 592. The number of alkyl halides is 3. The zero-order chi connectivity index (χ0) is 15.6. The summed E-state index contributed by atoms with van der Waals surface area (Å²) in [6, 6.07) is 2.43. The Kier molecular flexibility index (Phi) is 5.97. The van der Waals surface area contributed by atoms with Crippen LogP contribution in [0, 0.1) is 0 Å². The summed E-state index contributed by atoms with van der Waals surface area (Å²) in [6.45, 7) is -1.38. The quantitative estimate of drug-likeness (QED) is 0.537. The Labute approximate surface area is 130 Å². The standard InChI is InChI=1S/C9H6BrCl2F3O4S/c10-5-3-6(11)8(7(4-5)20(12,16)17)18-1-2-19-9(13,14)15/h3-4H,1-2H2. The first kappa shape index (κ1) is 17.8. The van der Waals surface area contributed by atoms with Gasteiger partial charge in [-0.1, -0.05) is 27.5 Å². The van der Waals surface area contributed by atoms with Crippen LogP contribution >= 0.6 is 38.2 Å². The van der Waals surface area contributed by atoms with Crippen LogP contribution in [-0.4, -0.2) is 28.0 Å². The molecule has 114 valence electrons. The van der Waals surface area contributed by atoms with Crippen LogP contribution in [-0.2, 0) is 13.8 Å². The first-order chi connectivity index (χ1) is 9.00. The van der Waals surface area contributed by atoms with Crippen molar-refractivity contribution >= 4 is 47.3 Å². The second-order valence-electron chi connectivity index (χ2n) is 3.30. The van der Waals surface area contributed by atoms with E-state index in [2.05, 4.69) is 20.7 Å². The SMILES string of the molecule is O=S(=O)(Cl)c1cc(Br)cc(Cl)c1OCCOC(F)(F)F.